The first-order valence-electron chi connectivity index (χ1n) is 4.18. The number of aliphatic carboxylic acids is 1. The Morgan fingerprint density at radius 2 is 2.62 bits per heavy atom. The normalized spacial score (nSPS) is 31.6. The van der Waals surface area contributed by atoms with Crippen LogP contribution in [-0.4, -0.2) is 17.6 Å². The highest BCUT2D eigenvalue weighted by Gasteiger charge is 2.60. The van der Waals surface area contributed by atoms with Gasteiger partial charge in [0.25, 0.3) is 0 Å². The predicted octanol–water partition coefficient (Wildman–Crippen LogP) is 1.05. The molecule has 13 heavy (non-hydrogen) atoms. The Kier molecular flexibility index (Phi) is 1.89. The molecular weight excluding hydrogens is 186 g/mol. The van der Waals surface area contributed by atoms with E-state index in [9.17, 15) is 4.79 Å². The molecule has 4 heteroatoms. The van der Waals surface area contributed by atoms with Crippen molar-refractivity contribution >= 4 is 17.3 Å². The SMILES string of the molecule is NC[C@@H]1C[C@@]1(C(=O)O)c1ccsc1. The Bertz CT molecular complexity index is 322. The summed E-state index contributed by atoms with van der Waals surface area (Å²) in [5.41, 5.74) is 5.75. The molecule has 1 aliphatic rings. The van der Waals surface area contributed by atoms with Crippen molar-refractivity contribution in [3.8, 4) is 0 Å². The lowest BCUT2D eigenvalue weighted by molar-refractivity contribution is -0.140. The summed E-state index contributed by atoms with van der Waals surface area (Å²) < 4.78 is 0. The van der Waals surface area contributed by atoms with Gasteiger partial charge in [-0.2, -0.15) is 11.3 Å². The molecule has 1 saturated carbocycles. The van der Waals surface area contributed by atoms with Crippen molar-refractivity contribution in [3.63, 3.8) is 0 Å². The molecule has 2 atom stereocenters. The highest BCUT2D eigenvalue weighted by Crippen LogP contribution is 2.54. The number of carboxylic acids is 1. The number of rotatable bonds is 3. The van der Waals surface area contributed by atoms with Gasteiger partial charge >= 0.3 is 5.97 Å². The molecule has 1 aromatic heterocycles. The topological polar surface area (TPSA) is 63.3 Å². The molecule has 0 aliphatic heterocycles. The van der Waals surface area contributed by atoms with E-state index >= 15 is 0 Å². The Hall–Kier alpha value is -0.870. The van der Waals surface area contributed by atoms with E-state index < -0.39 is 11.4 Å². The lowest BCUT2D eigenvalue weighted by Gasteiger charge is -2.08. The van der Waals surface area contributed by atoms with Gasteiger partial charge in [0.2, 0.25) is 0 Å². The lowest BCUT2D eigenvalue weighted by Crippen LogP contribution is -2.24. The minimum atomic E-state index is -0.735. The molecule has 0 unspecified atom stereocenters. The molecule has 0 spiro atoms. The summed E-state index contributed by atoms with van der Waals surface area (Å²) in [6.45, 7) is 0.460. The predicted molar refractivity (Wildman–Crippen MR) is 50.8 cm³/mol. The zero-order valence-electron chi connectivity index (χ0n) is 7.06. The molecule has 1 fully saturated rings. The number of thiophene rings is 1. The molecule has 0 bridgehead atoms. The average Bonchev–Trinajstić information content (AvgIpc) is 2.62. The van der Waals surface area contributed by atoms with Crippen molar-refractivity contribution in [1.29, 1.82) is 0 Å². The fourth-order valence-electron chi connectivity index (χ4n) is 1.87. The van der Waals surface area contributed by atoms with Crippen LogP contribution in [0.3, 0.4) is 0 Å². The van der Waals surface area contributed by atoms with E-state index in [2.05, 4.69) is 0 Å². The van der Waals surface area contributed by atoms with Gasteiger partial charge in [0, 0.05) is 0 Å². The molecule has 0 aromatic carbocycles. The van der Waals surface area contributed by atoms with Gasteiger partial charge in [-0.3, -0.25) is 4.79 Å². The van der Waals surface area contributed by atoms with Crippen LogP contribution in [0.1, 0.15) is 12.0 Å². The van der Waals surface area contributed by atoms with Gasteiger partial charge in [0.15, 0.2) is 0 Å². The van der Waals surface area contributed by atoms with E-state index in [4.69, 9.17) is 10.8 Å². The van der Waals surface area contributed by atoms with Crippen LogP contribution in [0.5, 0.6) is 0 Å². The Balaban J connectivity index is 2.33. The van der Waals surface area contributed by atoms with E-state index in [0.717, 1.165) is 5.56 Å². The fourth-order valence-corrected chi connectivity index (χ4v) is 2.61. The summed E-state index contributed by atoms with van der Waals surface area (Å²) in [7, 11) is 0. The number of carboxylic acid groups (broad SMARTS) is 1. The highest BCUT2D eigenvalue weighted by molar-refractivity contribution is 7.08. The fraction of sp³-hybridized carbons (Fsp3) is 0.444. The molecule has 0 radical (unpaired) electrons. The van der Waals surface area contributed by atoms with Crippen molar-refractivity contribution in [2.45, 2.75) is 11.8 Å². The maximum Gasteiger partial charge on any atom is 0.314 e. The van der Waals surface area contributed by atoms with Gasteiger partial charge in [-0.05, 0) is 41.3 Å². The van der Waals surface area contributed by atoms with Gasteiger partial charge < -0.3 is 10.8 Å². The van der Waals surface area contributed by atoms with Crippen molar-refractivity contribution in [2.75, 3.05) is 6.54 Å². The summed E-state index contributed by atoms with van der Waals surface area (Å²) >= 11 is 1.53. The number of carbonyl (C=O) groups is 1. The first-order chi connectivity index (χ1) is 6.21. The minimum Gasteiger partial charge on any atom is -0.481 e. The number of hydrogen-bond acceptors (Lipinski definition) is 3. The van der Waals surface area contributed by atoms with Gasteiger partial charge in [-0.15, -0.1) is 0 Å². The van der Waals surface area contributed by atoms with Crippen molar-refractivity contribution < 1.29 is 9.90 Å². The minimum absolute atomic E-state index is 0.125. The van der Waals surface area contributed by atoms with E-state index in [1.54, 1.807) is 0 Å². The quantitative estimate of drug-likeness (QED) is 0.761. The smallest absolute Gasteiger partial charge is 0.314 e. The zero-order chi connectivity index (χ0) is 9.47. The summed E-state index contributed by atoms with van der Waals surface area (Å²) in [4.78, 5) is 11.1. The van der Waals surface area contributed by atoms with Gasteiger partial charge in [0.05, 0.1) is 5.41 Å². The maximum absolute atomic E-state index is 11.1. The van der Waals surface area contributed by atoms with Crippen LogP contribution in [0.25, 0.3) is 0 Å². The standard InChI is InChI=1S/C9H11NO2S/c10-4-7-3-9(7,8(11)12)6-1-2-13-5-6/h1-2,5,7H,3-4,10H2,(H,11,12)/t7-,9+/m0/s1. The van der Waals surface area contributed by atoms with Crippen LogP contribution < -0.4 is 5.73 Å². The molecule has 1 aliphatic carbocycles. The van der Waals surface area contributed by atoms with Crippen molar-refractivity contribution in [1.82, 2.24) is 0 Å². The van der Waals surface area contributed by atoms with Gasteiger partial charge in [-0.1, -0.05) is 0 Å². The first-order valence-corrected chi connectivity index (χ1v) is 5.12. The second-order valence-electron chi connectivity index (χ2n) is 3.43. The van der Waals surface area contributed by atoms with E-state index in [1.807, 2.05) is 16.8 Å². The molecule has 0 amide bonds. The first kappa shape index (κ1) is 8.72. The van der Waals surface area contributed by atoms with Crippen molar-refractivity contribution in [3.05, 3.63) is 22.4 Å². The molecule has 0 saturated heterocycles. The second-order valence-corrected chi connectivity index (χ2v) is 4.21. The number of hydrogen-bond donors (Lipinski definition) is 2. The van der Waals surface area contributed by atoms with Gasteiger partial charge in [0.1, 0.15) is 0 Å². The average molecular weight is 197 g/mol. The number of nitrogens with two attached hydrogens (primary N) is 1. The maximum atomic E-state index is 11.1. The lowest BCUT2D eigenvalue weighted by atomic mass is 9.96. The molecule has 3 N–H and O–H groups in total. The zero-order valence-corrected chi connectivity index (χ0v) is 7.88. The van der Waals surface area contributed by atoms with Gasteiger partial charge in [-0.25, -0.2) is 0 Å². The highest BCUT2D eigenvalue weighted by atomic mass is 32.1. The Morgan fingerprint density at radius 3 is 3.00 bits per heavy atom. The third-order valence-electron chi connectivity index (χ3n) is 2.81. The van der Waals surface area contributed by atoms with Crippen LogP contribution >= 0.6 is 11.3 Å². The van der Waals surface area contributed by atoms with Crippen LogP contribution in [0.2, 0.25) is 0 Å². The molecular formula is C9H11NO2S. The summed E-state index contributed by atoms with van der Waals surface area (Å²) in [5.74, 6) is -0.610. The molecule has 1 heterocycles. The summed E-state index contributed by atoms with van der Waals surface area (Å²) in [6.07, 6.45) is 0.690. The third-order valence-corrected chi connectivity index (χ3v) is 3.49. The summed E-state index contributed by atoms with van der Waals surface area (Å²) in [6, 6.07) is 1.88. The van der Waals surface area contributed by atoms with Crippen LogP contribution in [0, 0.1) is 5.92 Å². The van der Waals surface area contributed by atoms with Crippen LogP contribution in [0.4, 0.5) is 0 Å². The largest absolute Gasteiger partial charge is 0.481 e. The van der Waals surface area contributed by atoms with Crippen LogP contribution in [-0.2, 0) is 10.2 Å². The van der Waals surface area contributed by atoms with E-state index in [0.29, 0.717) is 13.0 Å². The summed E-state index contributed by atoms with van der Waals surface area (Å²) in [5, 5.41) is 12.9. The molecule has 1 aromatic rings. The Labute approximate surface area is 80.2 Å². The molecule has 70 valence electrons. The molecule has 3 nitrogen and oxygen atoms in total. The van der Waals surface area contributed by atoms with E-state index in [-0.39, 0.29) is 5.92 Å². The van der Waals surface area contributed by atoms with E-state index in [1.165, 1.54) is 11.3 Å². The second kappa shape index (κ2) is 2.82. The van der Waals surface area contributed by atoms with Crippen molar-refractivity contribution in [2.24, 2.45) is 11.7 Å². The van der Waals surface area contributed by atoms with Crippen LogP contribution in [0.15, 0.2) is 16.8 Å². The monoisotopic (exact) mass is 197 g/mol. The Morgan fingerprint density at radius 1 is 1.85 bits per heavy atom. The third kappa shape index (κ3) is 1.09. The molecule has 2 rings (SSSR count).